The number of nitrogens with one attached hydrogen (secondary N) is 2. The minimum Gasteiger partial charge on any atom is -0.369 e. The summed E-state index contributed by atoms with van der Waals surface area (Å²) in [6.45, 7) is 4.24. The number of hydrogen-bond acceptors (Lipinski definition) is 5. The molecule has 3 rings (SSSR count). The van der Waals surface area contributed by atoms with E-state index in [0.717, 1.165) is 43.5 Å². The quantitative estimate of drug-likeness (QED) is 0.699. The summed E-state index contributed by atoms with van der Waals surface area (Å²) in [5.74, 6) is 0.464. The normalized spacial score (nSPS) is 14.5. The molecule has 1 amide bonds. The Morgan fingerprint density at radius 2 is 2.08 bits per heavy atom. The second kappa shape index (κ2) is 10.6. The molecule has 1 fully saturated rings. The van der Waals surface area contributed by atoms with E-state index in [1.807, 2.05) is 20.0 Å². The number of nitrogens with zero attached hydrogens (tertiary/aromatic N) is 4. The summed E-state index contributed by atoms with van der Waals surface area (Å²) in [7, 11) is 0. The SMILES string of the molecule is CC.Nc1ncc(CCCc2cn(CC(=O)NC3CCCCC3)nn2)[nH]1. The molecule has 0 saturated heterocycles. The predicted octanol–water partition coefficient (Wildman–Crippen LogP) is 2.23. The molecule has 0 bridgehead atoms. The second-order valence-electron chi connectivity index (χ2n) is 6.46. The molecule has 2 aromatic heterocycles. The third kappa shape index (κ3) is 6.50. The van der Waals surface area contributed by atoms with Crippen molar-refractivity contribution in [3.05, 3.63) is 23.8 Å². The second-order valence-corrected chi connectivity index (χ2v) is 6.46. The van der Waals surface area contributed by atoms with E-state index in [4.69, 9.17) is 5.73 Å². The minimum atomic E-state index is 0.0197. The van der Waals surface area contributed by atoms with Crippen molar-refractivity contribution < 1.29 is 4.79 Å². The lowest BCUT2D eigenvalue weighted by molar-refractivity contribution is -0.122. The number of nitrogens with two attached hydrogens (primary N) is 1. The summed E-state index contributed by atoms with van der Waals surface area (Å²) < 4.78 is 1.61. The smallest absolute Gasteiger partial charge is 0.242 e. The molecule has 2 heterocycles. The Morgan fingerprint density at radius 3 is 2.77 bits per heavy atom. The van der Waals surface area contributed by atoms with Crippen LogP contribution in [0.5, 0.6) is 0 Å². The van der Waals surface area contributed by atoms with Crippen LogP contribution in [0.15, 0.2) is 12.4 Å². The van der Waals surface area contributed by atoms with Crippen molar-refractivity contribution >= 4 is 11.9 Å². The summed E-state index contributed by atoms with van der Waals surface area (Å²) >= 11 is 0. The monoisotopic (exact) mass is 361 g/mol. The molecule has 1 aliphatic rings. The number of aromatic nitrogens is 5. The number of carbonyl (C=O) groups excluding carboxylic acids is 1. The standard InChI is InChI=1S/C16H25N7O.C2H6/c17-16-18-9-13(20-16)7-4-8-14-10-23(22-21-14)11-15(24)19-12-5-2-1-3-6-12;1-2/h9-10,12H,1-8,11H2,(H,19,24)(H3,17,18,20);1-2H3. The maximum atomic E-state index is 12.1. The molecule has 8 nitrogen and oxygen atoms in total. The maximum absolute atomic E-state index is 12.1. The molecule has 26 heavy (non-hydrogen) atoms. The topological polar surface area (TPSA) is 115 Å². The van der Waals surface area contributed by atoms with E-state index in [9.17, 15) is 4.79 Å². The first kappa shape index (κ1) is 19.9. The van der Waals surface area contributed by atoms with Gasteiger partial charge in [0.15, 0.2) is 5.95 Å². The number of aromatic amines is 1. The van der Waals surface area contributed by atoms with Crippen LogP contribution < -0.4 is 11.1 Å². The van der Waals surface area contributed by atoms with E-state index in [-0.39, 0.29) is 12.5 Å². The van der Waals surface area contributed by atoms with Gasteiger partial charge in [-0.2, -0.15) is 0 Å². The van der Waals surface area contributed by atoms with Crippen LogP contribution in [-0.4, -0.2) is 36.9 Å². The zero-order valence-electron chi connectivity index (χ0n) is 15.9. The Bertz CT molecular complexity index is 658. The van der Waals surface area contributed by atoms with E-state index < -0.39 is 0 Å². The Morgan fingerprint density at radius 1 is 1.31 bits per heavy atom. The largest absolute Gasteiger partial charge is 0.369 e. The third-order valence-corrected chi connectivity index (χ3v) is 4.39. The number of anilines is 1. The van der Waals surface area contributed by atoms with E-state index >= 15 is 0 Å². The number of nitrogen functional groups attached to an aromatic ring is 1. The van der Waals surface area contributed by atoms with Crippen molar-refractivity contribution in [1.29, 1.82) is 0 Å². The first-order chi connectivity index (χ1) is 12.7. The van der Waals surface area contributed by atoms with E-state index in [0.29, 0.717) is 12.0 Å². The fourth-order valence-corrected chi connectivity index (χ4v) is 3.16. The Kier molecular flexibility index (Phi) is 8.11. The van der Waals surface area contributed by atoms with Gasteiger partial charge in [-0.1, -0.05) is 38.3 Å². The highest BCUT2D eigenvalue weighted by Crippen LogP contribution is 2.17. The number of H-pyrrole nitrogens is 1. The molecule has 144 valence electrons. The zero-order valence-corrected chi connectivity index (χ0v) is 15.9. The van der Waals surface area contributed by atoms with E-state index in [1.165, 1.54) is 19.3 Å². The van der Waals surface area contributed by atoms with Crippen LogP contribution in [0.1, 0.15) is 63.8 Å². The van der Waals surface area contributed by atoms with Gasteiger partial charge >= 0.3 is 0 Å². The summed E-state index contributed by atoms with van der Waals surface area (Å²) in [6.07, 6.45) is 12.1. The van der Waals surface area contributed by atoms with Crippen LogP contribution in [0.2, 0.25) is 0 Å². The summed E-state index contributed by atoms with van der Waals surface area (Å²) in [5, 5.41) is 11.3. The molecule has 2 aromatic rings. The molecule has 0 atom stereocenters. The zero-order chi connectivity index (χ0) is 18.8. The molecular weight excluding hydrogens is 330 g/mol. The van der Waals surface area contributed by atoms with Crippen LogP contribution in [0.3, 0.4) is 0 Å². The third-order valence-electron chi connectivity index (χ3n) is 4.39. The number of rotatable bonds is 7. The van der Waals surface area contributed by atoms with Gasteiger partial charge in [-0.25, -0.2) is 9.67 Å². The van der Waals surface area contributed by atoms with Gasteiger partial charge in [-0.3, -0.25) is 4.79 Å². The van der Waals surface area contributed by atoms with Gasteiger partial charge in [0.2, 0.25) is 5.91 Å². The first-order valence-electron chi connectivity index (χ1n) is 9.67. The van der Waals surface area contributed by atoms with Gasteiger partial charge in [0.05, 0.1) is 11.9 Å². The van der Waals surface area contributed by atoms with Crippen molar-refractivity contribution in [3.8, 4) is 0 Å². The number of amides is 1. The number of carbonyl (C=O) groups is 1. The molecule has 8 heteroatoms. The Labute approximate surface area is 155 Å². The summed E-state index contributed by atoms with van der Waals surface area (Å²) in [6, 6.07) is 0.330. The number of hydrogen-bond donors (Lipinski definition) is 3. The highest BCUT2D eigenvalue weighted by molar-refractivity contribution is 5.75. The lowest BCUT2D eigenvalue weighted by Crippen LogP contribution is -2.38. The van der Waals surface area contributed by atoms with E-state index in [2.05, 4.69) is 25.6 Å². The van der Waals surface area contributed by atoms with Crippen LogP contribution in [0, 0.1) is 0 Å². The highest BCUT2D eigenvalue weighted by Gasteiger charge is 2.16. The van der Waals surface area contributed by atoms with Gasteiger partial charge in [-0.05, 0) is 32.1 Å². The molecule has 0 radical (unpaired) electrons. The Balaban J connectivity index is 0.00000117. The highest BCUT2D eigenvalue weighted by atomic mass is 16.2. The van der Waals surface area contributed by atoms with Crippen LogP contribution in [0.25, 0.3) is 0 Å². The van der Waals surface area contributed by atoms with Crippen LogP contribution in [-0.2, 0) is 24.2 Å². The van der Waals surface area contributed by atoms with Crippen molar-refractivity contribution in [1.82, 2.24) is 30.3 Å². The Hall–Kier alpha value is -2.38. The lowest BCUT2D eigenvalue weighted by atomic mass is 9.95. The number of aryl methyl sites for hydroxylation is 2. The van der Waals surface area contributed by atoms with Crippen molar-refractivity contribution in [3.63, 3.8) is 0 Å². The lowest BCUT2D eigenvalue weighted by Gasteiger charge is -2.22. The summed E-state index contributed by atoms with van der Waals surface area (Å²) in [4.78, 5) is 19.0. The van der Waals surface area contributed by atoms with Crippen LogP contribution in [0.4, 0.5) is 5.95 Å². The molecular formula is C18H31N7O. The average Bonchev–Trinajstić information content (AvgIpc) is 3.26. The van der Waals surface area contributed by atoms with Crippen molar-refractivity contribution in [2.45, 2.75) is 77.8 Å². The van der Waals surface area contributed by atoms with Crippen molar-refractivity contribution in [2.75, 3.05) is 5.73 Å². The molecule has 0 aliphatic heterocycles. The first-order valence-corrected chi connectivity index (χ1v) is 9.67. The molecule has 0 spiro atoms. The average molecular weight is 361 g/mol. The van der Waals surface area contributed by atoms with Gasteiger partial charge < -0.3 is 16.0 Å². The molecule has 1 aliphatic carbocycles. The predicted molar refractivity (Wildman–Crippen MR) is 101 cm³/mol. The molecule has 1 saturated carbocycles. The van der Waals surface area contributed by atoms with Gasteiger partial charge in [-0.15, -0.1) is 5.10 Å². The van der Waals surface area contributed by atoms with Gasteiger partial charge in [0, 0.05) is 17.9 Å². The minimum absolute atomic E-state index is 0.0197. The van der Waals surface area contributed by atoms with Crippen molar-refractivity contribution in [2.24, 2.45) is 0 Å². The van der Waals surface area contributed by atoms with E-state index in [1.54, 1.807) is 10.9 Å². The molecule has 0 unspecified atom stereocenters. The fourth-order valence-electron chi connectivity index (χ4n) is 3.16. The van der Waals surface area contributed by atoms with Crippen LogP contribution >= 0.6 is 0 Å². The number of imidazole rings is 1. The maximum Gasteiger partial charge on any atom is 0.242 e. The fraction of sp³-hybridized carbons (Fsp3) is 0.667. The summed E-state index contributed by atoms with van der Waals surface area (Å²) in [5.41, 5.74) is 7.46. The van der Waals surface area contributed by atoms with Gasteiger partial charge in [0.1, 0.15) is 6.54 Å². The molecule has 4 N–H and O–H groups in total. The molecule has 0 aromatic carbocycles. The van der Waals surface area contributed by atoms with Gasteiger partial charge in [0.25, 0.3) is 0 Å².